The summed E-state index contributed by atoms with van der Waals surface area (Å²) in [6.45, 7) is 7.28. The van der Waals surface area contributed by atoms with Crippen molar-refractivity contribution in [1.82, 2.24) is 14.5 Å². The molecule has 3 heterocycles. The first kappa shape index (κ1) is 18.9. The van der Waals surface area contributed by atoms with Crippen LogP contribution in [0.15, 0.2) is 48.5 Å². The van der Waals surface area contributed by atoms with Gasteiger partial charge in [0.1, 0.15) is 11.3 Å². The average Bonchev–Trinajstić information content (AvgIpc) is 3.00. The van der Waals surface area contributed by atoms with Crippen LogP contribution in [0.4, 0.5) is 11.4 Å². The van der Waals surface area contributed by atoms with Gasteiger partial charge >= 0.3 is 0 Å². The van der Waals surface area contributed by atoms with Crippen LogP contribution in [0.5, 0.6) is 0 Å². The number of para-hydroxylation sites is 1. The van der Waals surface area contributed by atoms with Gasteiger partial charge in [-0.15, -0.1) is 0 Å². The standard InChI is InChI=1S/C26H28N4/c1-4-21-14-17(3)25-26(27-21)30(24(5-2)29-25)16-18-10-13-23-20(15-18)12-11-19-8-6-7-9-22(19)28-23/h6-10,13-15,28H,4-5,11-12,16H2,1-3H3. The summed E-state index contributed by atoms with van der Waals surface area (Å²) in [6.07, 6.45) is 3.96. The van der Waals surface area contributed by atoms with Crippen molar-refractivity contribution in [2.24, 2.45) is 0 Å². The number of fused-ring (bicyclic) bond motifs is 3. The number of hydrogen-bond donors (Lipinski definition) is 1. The monoisotopic (exact) mass is 396 g/mol. The maximum absolute atomic E-state index is 4.94. The first-order valence-corrected chi connectivity index (χ1v) is 11.0. The van der Waals surface area contributed by atoms with Crippen molar-refractivity contribution in [2.45, 2.75) is 53.0 Å². The van der Waals surface area contributed by atoms with Gasteiger partial charge < -0.3 is 9.88 Å². The fourth-order valence-electron chi connectivity index (χ4n) is 4.50. The van der Waals surface area contributed by atoms with Crippen LogP contribution in [0, 0.1) is 6.92 Å². The van der Waals surface area contributed by atoms with Gasteiger partial charge in [0, 0.05) is 23.5 Å². The molecule has 0 saturated carbocycles. The lowest BCUT2D eigenvalue weighted by molar-refractivity contribution is 0.743. The van der Waals surface area contributed by atoms with Gasteiger partial charge in [-0.05, 0) is 66.6 Å². The molecule has 30 heavy (non-hydrogen) atoms. The lowest BCUT2D eigenvalue weighted by atomic mass is 10.0. The average molecular weight is 397 g/mol. The highest BCUT2D eigenvalue weighted by atomic mass is 15.1. The lowest BCUT2D eigenvalue weighted by Crippen LogP contribution is -2.07. The molecule has 1 aliphatic heterocycles. The van der Waals surface area contributed by atoms with Gasteiger partial charge in [-0.3, -0.25) is 0 Å². The lowest BCUT2D eigenvalue weighted by Gasteiger charge is -2.13. The van der Waals surface area contributed by atoms with E-state index in [1.54, 1.807) is 0 Å². The van der Waals surface area contributed by atoms with Crippen LogP contribution in [0.2, 0.25) is 0 Å². The normalized spacial score (nSPS) is 12.9. The number of benzene rings is 2. The van der Waals surface area contributed by atoms with E-state index in [-0.39, 0.29) is 0 Å². The first-order chi connectivity index (χ1) is 14.7. The molecule has 0 bridgehead atoms. The molecular formula is C26H28N4. The van der Waals surface area contributed by atoms with Crippen molar-refractivity contribution < 1.29 is 0 Å². The highest BCUT2D eigenvalue weighted by Gasteiger charge is 2.16. The quantitative estimate of drug-likeness (QED) is 0.477. The van der Waals surface area contributed by atoms with E-state index in [4.69, 9.17) is 9.97 Å². The van der Waals surface area contributed by atoms with Gasteiger partial charge in [0.2, 0.25) is 0 Å². The van der Waals surface area contributed by atoms with E-state index in [0.717, 1.165) is 54.9 Å². The number of hydrogen-bond acceptors (Lipinski definition) is 3. The SMILES string of the molecule is CCc1cc(C)c2nc(CC)n(Cc3ccc4c(c3)CCc3ccccc3N4)c2n1. The third-order valence-electron chi connectivity index (χ3n) is 6.17. The Morgan fingerprint density at radius 2 is 1.70 bits per heavy atom. The maximum Gasteiger partial charge on any atom is 0.160 e. The fourth-order valence-corrected chi connectivity index (χ4v) is 4.50. The van der Waals surface area contributed by atoms with Gasteiger partial charge in [-0.25, -0.2) is 9.97 Å². The van der Waals surface area contributed by atoms with E-state index in [1.165, 1.54) is 33.6 Å². The molecular weight excluding hydrogens is 368 g/mol. The fraction of sp³-hybridized carbons (Fsp3) is 0.308. The Bertz CT molecular complexity index is 1240. The van der Waals surface area contributed by atoms with Crippen molar-refractivity contribution in [3.63, 3.8) is 0 Å². The van der Waals surface area contributed by atoms with E-state index < -0.39 is 0 Å². The number of rotatable bonds is 4. The molecule has 5 rings (SSSR count). The number of pyridine rings is 1. The van der Waals surface area contributed by atoms with Crippen molar-refractivity contribution in [3.05, 3.63) is 82.3 Å². The minimum atomic E-state index is 0.805. The topological polar surface area (TPSA) is 42.7 Å². The van der Waals surface area contributed by atoms with Crippen LogP contribution < -0.4 is 5.32 Å². The van der Waals surface area contributed by atoms with Crippen molar-refractivity contribution >= 4 is 22.5 Å². The summed E-state index contributed by atoms with van der Waals surface area (Å²) in [5.41, 5.74) is 10.9. The molecule has 4 aromatic rings. The van der Waals surface area contributed by atoms with Crippen molar-refractivity contribution in [2.75, 3.05) is 5.32 Å². The minimum absolute atomic E-state index is 0.805. The second-order valence-electron chi connectivity index (χ2n) is 8.20. The third-order valence-corrected chi connectivity index (χ3v) is 6.17. The molecule has 4 nitrogen and oxygen atoms in total. The molecule has 0 amide bonds. The van der Waals surface area contributed by atoms with E-state index in [9.17, 15) is 0 Å². The van der Waals surface area contributed by atoms with Crippen LogP contribution in [-0.4, -0.2) is 14.5 Å². The maximum atomic E-state index is 4.94. The molecule has 152 valence electrons. The second kappa shape index (κ2) is 7.60. The van der Waals surface area contributed by atoms with Crippen LogP contribution in [0.3, 0.4) is 0 Å². The van der Waals surface area contributed by atoms with E-state index in [0.29, 0.717) is 0 Å². The number of aryl methyl sites for hydroxylation is 5. The van der Waals surface area contributed by atoms with Gasteiger partial charge in [-0.2, -0.15) is 0 Å². The molecule has 0 saturated heterocycles. The van der Waals surface area contributed by atoms with Crippen LogP contribution >= 0.6 is 0 Å². The van der Waals surface area contributed by atoms with Gasteiger partial charge in [0.15, 0.2) is 5.65 Å². The summed E-state index contributed by atoms with van der Waals surface area (Å²) >= 11 is 0. The molecule has 0 unspecified atom stereocenters. The van der Waals surface area contributed by atoms with Gasteiger partial charge in [-0.1, -0.05) is 44.2 Å². The molecule has 2 aromatic heterocycles. The molecule has 0 aliphatic carbocycles. The van der Waals surface area contributed by atoms with E-state index in [2.05, 4.69) is 79.2 Å². The summed E-state index contributed by atoms with van der Waals surface area (Å²) in [5, 5.41) is 3.63. The summed E-state index contributed by atoms with van der Waals surface area (Å²) in [7, 11) is 0. The van der Waals surface area contributed by atoms with Crippen LogP contribution in [-0.2, 0) is 32.2 Å². The molecule has 0 atom stereocenters. The zero-order chi connectivity index (χ0) is 20.7. The highest BCUT2D eigenvalue weighted by molar-refractivity contribution is 5.76. The first-order valence-electron chi connectivity index (χ1n) is 11.0. The highest BCUT2D eigenvalue weighted by Crippen LogP contribution is 2.31. The third kappa shape index (κ3) is 3.26. The van der Waals surface area contributed by atoms with Gasteiger partial charge in [0.05, 0.1) is 6.54 Å². The zero-order valence-corrected chi connectivity index (χ0v) is 18.0. The Balaban J connectivity index is 1.53. The molecule has 1 N–H and O–H groups in total. The van der Waals surface area contributed by atoms with Crippen molar-refractivity contribution in [1.29, 1.82) is 0 Å². The van der Waals surface area contributed by atoms with Crippen molar-refractivity contribution in [3.8, 4) is 0 Å². The Morgan fingerprint density at radius 1 is 0.900 bits per heavy atom. The zero-order valence-electron chi connectivity index (χ0n) is 18.0. The summed E-state index contributed by atoms with van der Waals surface area (Å²) < 4.78 is 2.31. The predicted molar refractivity (Wildman–Crippen MR) is 124 cm³/mol. The Labute approximate surface area is 178 Å². The Kier molecular flexibility index (Phi) is 4.78. The largest absolute Gasteiger partial charge is 0.355 e. The number of nitrogens with one attached hydrogen (secondary N) is 1. The van der Waals surface area contributed by atoms with Gasteiger partial charge in [0.25, 0.3) is 0 Å². The summed E-state index contributed by atoms with van der Waals surface area (Å²) in [5.74, 6) is 1.11. The number of aromatic nitrogens is 3. The molecule has 0 spiro atoms. The number of anilines is 2. The minimum Gasteiger partial charge on any atom is -0.355 e. The second-order valence-corrected chi connectivity index (χ2v) is 8.20. The molecule has 4 heteroatoms. The molecule has 2 aromatic carbocycles. The van der Waals surface area contributed by atoms with Crippen LogP contribution in [0.1, 0.15) is 47.6 Å². The molecule has 0 radical (unpaired) electrons. The van der Waals surface area contributed by atoms with Crippen LogP contribution in [0.25, 0.3) is 11.2 Å². The Morgan fingerprint density at radius 3 is 2.53 bits per heavy atom. The Hall–Kier alpha value is -3.14. The van der Waals surface area contributed by atoms with E-state index in [1.807, 2.05) is 0 Å². The predicted octanol–water partition coefficient (Wildman–Crippen LogP) is 5.76. The number of imidazole rings is 1. The summed E-state index contributed by atoms with van der Waals surface area (Å²) in [6, 6.07) is 17.6. The summed E-state index contributed by atoms with van der Waals surface area (Å²) in [4.78, 5) is 9.86. The molecule has 1 aliphatic rings. The van der Waals surface area contributed by atoms with E-state index >= 15 is 0 Å². The molecule has 0 fully saturated rings. The number of nitrogens with zero attached hydrogens (tertiary/aromatic N) is 3. The smallest absolute Gasteiger partial charge is 0.160 e.